The average Bonchev–Trinajstić information content (AvgIpc) is 2.84. The number of primary amides is 1. The van der Waals surface area contributed by atoms with Crippen LogP contribution in [0, 0.1) is 5.92 Å². The summed E-state index contributed by atoms with van der Waals surface area (Å²) >= 11 is 0. The lowest BCUT2D eigenvalue weighted by Crippen LogP contribution is -2.40. The van der Waals surface area contributed by atoms with Gasteiger partial charge in [0.1, 0.15) is 0 Å². The standard InChI is InChI=1S/C26H37N5O/c1-28-26(29-16-8-9-17-31-18-14-23(15-19-31)25(27)32)30-20-24(21-10-4-2-5-11-21)22-12-6-3-7-13-22/h2-7,10-13,23-24H,8-9,14-20H2,1H3,(H2,27,32)(H2,28,29,30). The Hall–Kier alpha value is -2.86. The van der Waals surface area contributed by atoms with Gasteiger partial charge in [0.05, 0.1) is 0 Å². The van der Waals surface area contributed by atoms with Crippen molar-refractivity contribution >= 4 is 11.9 Å². The third-order valence-electron chi connectivity index (χ3n) is 6.28. The highest BCUT2D eigenvalue weighted by Gasteiger charge is 2.22. The molecule has 1 fully saturated rings. The van der Waals surface area contributed by atoms with Crippen LogP contribution in [0.25, 0.3) is 0 Å². The van der Waals surface area contributed by atoms with Gasteiger partial charge >= 0.3 is 0 Å². The van der Waals surface area contributed by atoms with Crippen molar-refractivity contribution in [3.05, 3.63) is 71.8 Å². The molecule has 0 bridgehead atoms. The molecule has 0 aromatic heterocycles. The number of unbranched alkanes of at least 4 members (excludes halogenated alkanes) is 1. The van der Waals surface area contributed by atoms with Crippen LogP contribution in [-0.2, 0) is 4.79 Å². The number of hydrogen-bond donors (Lipinski definition) is 3. The van der Waals surface area contributed by atoms with Gasteiger partial charge in [-0.1, -0.05) is 60.7 Å². The number of nitrogens with two attached hydrogens (primary N) is 1. The number of nitrogens with zero attached hydrogens (tertiary/aromatic N) is 2. The Morgan fingerprint density at radius 2 is 1.59 bits per heavy atom. The van der Waals surface area contributed by atoms with E-state index in [1.165, 1.54) is 11.1 Å². The summed E-state index contributed by atoms with van der Waals surface area (Å²) in [5.74, 6) is 1.02. The molecule has 1 saturated heterocycles. The minimum Gasteiger partial charge on any atom is -0.369 e. The highest BCUT2D eigenvalue weighted by molar-refractivity contribution is 5.79. The molecule has 1 amide bonds. The molecule has 0 saturated carbocycles. The van der Waals surface area contributed by atoms with Crippen molar-refractivity contribution in [1.82, 2.24) is 15.5 Å². The lowest BCUT2D eigenvalue weighted by molar-refractivity contribution is -0.123. The Morgan fingerprint density at radius 3 is 2.12 bits per heavy atom. The van der Waals surface area contributed by atoms with Gasteiger partial charge in [-0.25, -0.2) is 0 Å². The first kappa shape index (κ1) is 23.8. The normalized spacial score (nSPS) is 15.6. The Bertz CT molecular complexity index is 792. The third-order valence-corrected chi connectivity index (χ3v) is 6.28. The van der Waals surface area contributed by atoms with Crippen molar-refractivity contribution in [3.63, 3.8) is 0 Å². The van der Waals surface area contributed by atoms with E-state index in [0.717, 1.165) is 64.4 Å². The van der Waals surface area contributed by atoms with Gasteiger partial charge in [-0.2, -0.15) is 0 Å². The number of hydrogen-bond acceptors (Lipinski definition) is 3. The minimum absolute atomic E-state index is 0.0675. The molecular formula is C26H37N5O. The second-order valence-corrected chi connectivity index (χ2v) is 8.48. The number of guanidine groups is 1. The number of aliphatic imine (C=N–C) groups is 1. The molecule has 1 aliphatic rings. The lowest BCUT2D eigenvalue weighted by atomic mass is 9.91. The Labute approximate surface area is 192 Å². The van der Waals surface area contributed by atoms with Crippen molar-refractivity contribution in [2.75, 3.05) is 39.8 Å². The van der Waals surface area contributed by atoms with E-state index in [-0.39, 0.29) is 17.7 Å². The summed E-state index contributed by atoms with van der Waals surface area (Å²) < 4.78 is 0. The maximum atomic E-state index is 11.3. The van der Waals surface area contributed by atoms with Crippen LogP contribution < -0.4 is 16.4 Å². The van der Waals surface area contributed by atoms with Crippen LogP contribution in [0.2, 0.25) is 0 Å². The van der Waals surface area contributed by atoms with E-state index >= 15 is 0 Å². The topological polar surface area (TPSA) is 82.8 Å². The number of amides is 1. The summed E-state index contributed by atoms with van der Waals surface area (Å²) in [6.07, 6.45) is 4.00. The predicted octanol–water partition coefficient (Wildman–Crippen LogP) is 2.96. The Balaban J connectivity index is 1.40. The smallest absolute Gasteiger partial charge is 0.220 e. The van der Waals surface area contributed by atoms with Gasteiger partial charge < -0.3 is 21.3 Å². The van der Waals surface area contributed by atoms with Crippen molar-refractivity contribution in [1.29, 1.82) is 0 Å². The van der Waals surface area contributed by atoms with Crippen molar-refractivity contribution in [2.45, 2.75) is 31.6 Å². The van der Waals surface area contributed by atoms with E-state index in [0.29, 0.717) is 0 Å². The third kappa shape index (κ3) is 7.38. The summed E-state index contributed by atoms with van der Waals surface area (Å²) in [4.78, 5) is 18.1. The van der Waals surface area contributed by atoms with E-state index in [4.69, 9.17) is 5.73 Å². The number of nitrogens with one attached hydrogen (secondary N) is 2. The molecule has 0 atom stereocenters. The molecule has 0 radical (unpaired) electrons. The number of carbonyl (C=O) groups excluding carboxylic acids is 1. The molecule has 1 heterocycles. The zero-order valence-corrected chi connectivity index (χ0v) is 19.2. The quantitative estimate of drug-likeness (QED) is 0.304. The number of rotatable bonds is 10. The summed E-state index contributed by atoms with van der Waals surface area (Å²) in [6.45, 7) is 4.69. The zero-order chi connectivity index (χ0) is 22.6. The van der Waals surface area contributed by atoms with Gasteiger partial charge in [-0.15, -0.1) is 0 Å². The number of likely N-dealkylation sites (tertiary alicyclic amines) is 1. The van der Waals surface area contributed by atoms with Crippen LogP contribution in [0.4, 0.5) is 0 Å². The van der Waals surface area contributed by atoms with Gasteiger partial charge in [0.15, 0.2) is 5.96 Å². The van der Waals surface area contributed by atoms with Gasteiger partial charge in [0, 0.05) is 32.0 Å². The van der Waals surface area contributed by atoms with Crippen LogP contribution in [-0.4, -0.2) is 56.5 Å². The molecular weight excluding hydrogens is 398 g/mol. The summed E-state index contributed by atoms with van der Waals surface area (Å²) in [5, 5.41) is 6.95. The monoisotopic (exact) mass is 435 g/mol. The molecule has 6 heteroatoms. The molecule has 0 aliphatic carbocycles. The van der Waals surface area contributed by atoms with E-state index in [1.54, 1.807) is 0 Å². The number of benzene rings is 2. The SMILES string of the molecule is CN=C(NCCCCN1CCC(C(N)=O)CC1)NCC(c1ccccc1)c1ccccc1. The Kier molecular flexibility index (Phi) is 9.57. The first-order chi connectivity index (χ1) is 15.7. The molecule has 172 valence electrons. The van der Waals surface area contributed by atoms with Crippen LogP contribution in [0.1, 0.15) is 42.7 Å². The molecule has 2 aromatic rings. The van der Waals surface area contributed by atoms with E-state index in [1.807, 2.05) is 7.05 Å². The van der Waals surface area contributed by atoms with Crippen molar-refractivity contribution < 1.29 is 4.79 Å². The van der Waals surface area contributed by atoms with Gasteiger partial charge in [0.2, 0.25) is 5.91 Å². The van der Waals surface area contributed by atoms with Gasteiger partial charge in [0.25, 0.3) is 0 Å². The van der Waals surface area contributed by atoms with Crippen LogP contribution in [0.5, 0.6) is 0 Å². The first-order valence-electron chi connectivity index (χ1n) is 11.7. The maximum Gasteiger partial charge on any atom is 0.220 e. The van der Waals surface area contributed by atoms with Gasteiger partial charge in [-0.05, 0) is 56.4 Å². The van der Waals surface area contributed by atoms with Crippen molar-refractivity contribution in [2.24, 2.45) is 16.6 Å². The molecule has 4 N–H and O–H groups in total. The molecule has 2 aromatic carbocycles. The van der Waals surface area contributed by atoms with E-state index < -0.39 is 0 Å². The van der Waals surface area contributed by atoms with Gasteiger partial charge in [-0.3, -0.25) is 9.79 Å². The Morgan fingerprint density at radius 1 is 1.00 bits per heavy atom. The summed E-state index contributed by atoms with van der Waals surface area (Å²) in [7, 11) is 1.82. The minimum atomic E-state index is -0.144. The lowest BCUT2D eigenvalue weighted by Gasteiger charge is -2.30. The molecule has 32 heavy (non-hydrogen) atoms. The molecule has 6 nitrogen and oxygen atoms in total. The van der Waals surface area contributed by atoms with Crippen LogP contribution >= 0.6 is 0 Å². The van der Waals surface area contributed by atoms with E-state index in [9.17, 15) is 4.79 Å². The van der Waals surface area contributed by atoms with Crippen molar-refractivity contribution in [3.8, 4) is 0 Å². The van der Waals surface area contributed by atoms with Crippen LogP contribution in [0.15, 0.2) is 65.7 Å². The largest absolute Gasteiger partial charge is 0.369 e. The molecule has 3 rings (SSSR count). The highest BCUT2D eigenvalue weighted by atomic mass is 16.1. The first-order valence-corrected chi connectivity index (χ1v) is 11.7. The maximum absolute atomic E-state index is 11.3. The molecule has 1 aliphatic heterocycles. The predicted molar refractivity (Wildman–Crippen MR) is 132 cm³/mol. The number of piperidine rings is 1. The van der Waals surface area contributed by atoms with E-state index in [2.05, 4.69) is 81.2 Å². The summed E-state index contributed by atoms with van der Waals surface area (Å²) in [5.41, 5.74) is 8.01. The fourth-order valence-corrected chi connectivity index (χ4v) is 4.33. The highest BCUT2D eigenvalue weighted by Crippen LogP contribution is 2.23. The molecule has 0 unspecified atom stereocenters. The fraction of sp³-hybridized carbons (Fsp3) is 0.462. The van der Waals surface area contributed by atoms with Crippen LogP contribution in [0.3, 0.4) is 0 Å². The second-order valence-electron chi connectivity index (χ2n) is 8.48. The molecule has 0 spiro atoms. The number of carbonyl (C=O) groups is 1. The summed E-state index contributed by atoms with van der Waals surface area (Å²) in [6, 6.07) is 21.2. The zero-order valence-electron chi connectivity index (χ0n) is 19.2. The average molecular weight is 436 g/mol. The fourth-order valence-electron chi connectivity index (χ4n) is 4.33. The second kappa shape index (κ2) is 12.9.